The molecule has 30 heavy (non-hydrogen) atoms. The van der Waals surface area contributed by atoms with Gasteiger partial charge >= 0.3 is 0 Å². The van der Waals surface area contributed by atoms with Crippen molar-refractivity contribution in [1.82, 2.24) is 14.1 Å². The fourth-order valence-corrected chi connectivity index (χ4v) is 6.39. The first kappa shape index (κ1) is 20.7. The van der Waals surface area contributed by atoms with E-state index in [1.54, 1.807) is 37.3 Å². The highest BCUT2D eigenvalue weighted by molar-refractivity contribution is 7.91. The molecule has 0 spiro atoms. The predicted molar refractivity (Wildman–Crippen MR) is 113 cm³/mol. The van der Waals surface area contributed by atoms with E-state index in [2.05, 4.69) is 10.4 Å². The zero-order valence-corrected chi connectivity index (χ0v) is 18.0. The second-order valence-electron chi connectivity index (χ2n) is 7.12. The molecule has 10 heteroatoms. The molecule has 1 N–H and O–H groups in total. The van der Waals surface area contributed by atoms with E-state index in [0.29, 0.717) is 35.2 Å². The van der Waals surface area contributed by atoms with Crippen molar-refractivity contribution < 1.29 is 17.6 Å². The highest BCUT2D eigenvalue weighted by Crippen LogP contribution is 2.28. The molecule has 7 nitrogen and oxygen atoms in total. The Morgan fingerprint density at radius 2 is 1.87 bits per heavy atom. The Hall–Kier alpha value is -2.56. The molecule has 0 radical (unpaired) electrons. The number of nitrogens with zero attached hydrogens (tertiary/aromatic N) is 3. The lowest BCUT2D eigenvalue weighted by atomic mass is 10.3. The Kier molecular flexibility index (Phi) is 5.72. The van der Waals surface area contributed by atoms with Gasteiger partial charge in [-0.3, -0.25) is 4.79 Å². The first-order chi connectivity index (χ1) is 14.3. The summed E-state index contributed by atoms with van der Waals surface area (Å²) in [4.78, 5) is 13.2. The number of amides is 1. The number of carbonyl (C=O) groups is 1. The van der Waals surface area contributed by atoms with Gasteiger partial charge < -0.3 is 5.32 Å². The summed E-state index contributed by atoms with van der Waals surface area (Å²) in [6.07, 6.45) is 1.80. The number of hydrogen-bond donors (Lipinski definition) is 1. The lowest BCUT2D eigenvalue weighted by Gasteiger charge is -2.13. The van der Waals surface area contributed by atoms with E-state index in [4.69, 9.17) is 0 Å². The van der Waals surface area contributed by atoms with Gasteiger partial charge in [-0.15, -0.1) is 11.3 Å². The standard InChI is InChI=1S/C20H21FN4O3S2/c1-14-12-18(25(23-14)16-6-4-15(21)5-7-16)22-19(26)13-17-8-9-20(29-17)30(27,28)24-10-2-3-11-24/h4-9,12H,2-3,10-11,13H2,1H3,(H,22,26). The summed E-state index contributed by atoms with van der Waals surface area (Å²) < 4.78 is 41.8. The van der Waals surface area contributed by atoms with Crippen molar-refractivity contribution >= 4 is 33.1 Å². The van der Waals surface area contributed by atoms with Gasteiger partial charge in [0.15, 0.2) is 0 Å². The van der Waals surface area contributed by atoms with Crippen LogP contribution in [-0.2, 0) is 21.2 Å². The van der Waals surface area contributed by atoms with Crippen LogP contribution in [0.5, 0.6) is 0 Å². The van der Waals surface area contributed by atoms with E-state index in [1.807, 2.05) is 0 Å². The van der Waals surface area contributed by atoms with Gasteiger partial charge in [-0.2, -0.15) is 9.40 Å². The molecule has 1 fully saturated rings. The maximum absolute atomic E-state index is 13.2. The number of benzene rings is 1. The van der Waals surface area contributed by atoms with Crippen molar-refractivity contribution in [2.75, 3.05) is 18.4 Å². The fourth-order valence-electron chi connectivity index (χ4n) is 3.36. The summed E-state index contributed by atoms with van der Waals surface area (Å²) in [6, 6.07) is 10.8. The van der Waals surface area contributed by atoms with Crippen LogP contribution in [0.25, 0.3) is 5.69 Å². The van der Waals surface area contributed by atoms with Crippen LogP contribution in [0.4, 0.5) is 10.2 Å². The molecule has 2 aromatic heterocycles. The molecule has 0 atom stereocenters. The minimum atomic E-state index is -3.48. The Morgan fingerprint density at radius 3 is 2.57 bits per heavy atom. The largest absolute Gasteiger partial charge is 0.310 e. The van der Waals surface area contributed by atoms with Crippen LogP contribution in [0, 0.1) is 12.7 Å². The fraction of sp³-hybridized carbons (Fsp3) is 0.300. The smallest absolute Gasteiger partial charge is 0.252 e. The summed E-state index contributed by atoms with van der Waals surface area (Å²) in [5, 5.41) is 7.16. The second-order valence-corrected chi connectivity index (χ2v) is 10.4. The Balaban J connectivity index is 1.47. The average molecular weight is 449 g/mol. The van der Waals surface area contributed by atoms with Crippen molar-refractivity contribution in [1.29, 1.82) is 0 Å². The number of sulfonamides is 1. The molecule has 1 aromatic carbocycles. The SMILES string of the molecule is Cc1cc(NC(=O)Cc2ccc(S(=O)(=O)N3CCCC3)s2)n(-c2ccc(F)cc2)n1. The van der Waals surface area contributed by atoms with Crippen LogP contribution in [0.15, 0.2) is 46.7 Å². The summed E-state index contributed by atoms with van der Waals surface area (Å²) in [5.74, 6) is -0.179. The number of aryl methyl sites for hydroxylation is 1. The monoisotopic (exact) mass is 448 g/mol. The average Bonchev–Trinajstić information content (AvgIpc) is 3.44. The summed E-state index contributed by atoms with van der Waals surface area (Å²) in [5.41, 5.74) is 1.32. The third-order valence-electron chi connectivity index (χ3n) is 4.80. The minimum Gasteiger partial charge on any atom is -0.310 e. The summed E-state index contributed by atoms with van der Waals surface area (Å²) in [6.45, 7) is 2.88. The van der Waals surface area contributed by atoms with Crippen molar-refractivity contribution in [3.05, 3.63) is 58.9 Å². The molecule has 1 aliphatic heterocycles. The molecular formula is C20H21FN4O3S2. The van der Waals surface area contributed by atoms with Gasteiger partial charge in [0.25, 0.3) is 10.0 Å². The van der Waals surface area contributed by atoms with Crippen LogP contribution < -0.4 is 5.32 Å². The van der Waals surface area contributed by atoms with Gasteiger partial charge in [-0.05, 0) is 56.2 Å². The van der Waals surface area contributed by atoms with Gasteiger partial charge in [0.1, 0.15) is 15.8 Å². The molecule has 4 rings (SSSR count). The number of halogens is 1. The van der Waals surface area contributed by atoms with Crippen LogP contribution in [0.1, 0.15) is 23.4 Å². The third kappa shape index (κ3) is 4.30. The lowest BCUT2D eigenvalue weighted by molar-refractivity contribution is -0.115. The maximum Gasteiger partial charge on any atom is 0.252 e. The van der Waals surface area contributed by atoms with Gasteiger partial charge in [0.2, 0.25) is 5.91 Å². The van der Waals surface area contributed by atoms with E-state index in [0.717, 1.165) is 24.2 Å². The number of rotatable bonds is 6. The number of thiophene rings is 1. The van der Waals surface area contributed by atoms with Crippen LogP contribution in [-0.4, -0.2) is 41.5 Å². The molecule has 158 valence electrons. The number of hydrogen-bond acceptors (Lipinski definition) is 5. The molecule has 3 aromatic rings. The van der Waals surface area contributed by atoms with E-state index in [-0.39, 0.29) is 22.4 Å². The molecule has 0 unspecified atom stereocenters. The third-order valence-corrected chi connectivity index (χ3v) is 8.25. The number of nitrogens with one attached hydrogen (secondary N) is 1. The summed E-state index contributed by atoms with van der Waals surface area (Å²) >= 11 is 1.12. The Morgan fingerprint density at radius 1 is 1.17 bits per heavy atom. The van der Waals surface area contributed by atoms with Crippen LogP contribution >= 0.6 is 11.3 Å². The predicted octanol–water partition coefficient (Wildman–Crippen LogP) is 3.35. The maximum atomic E-state index is 13.2. The van der Waals surface area contributed by atoms with E-state index >= 15 is 0 Å². The van der Waals surface area contributed by atoms with Gasteiger partial charge in [-0.25, -0.2) is 17.5 Å². The van der Waals surface area contributed by atoms with Crippen LogP contribution in [0.3, 0.4) is 0 Å². The number of anilines is 1. The first-order valence-electron chi connectivity index (χ1n) is 9.54. The highest BCUT2D eigenvalue weighted by Gasteiger charge is 2.28. The molecule has 0 bridgehead atoms. The van der Waals surface area contributed by atoms with Crippen molar-refractivity contribution in [3.8, 4) is 5.69 Å². The normalized spacial score (nSPS) is 14.9. The highest BCUT2D eigenvalue weighted by atomic mass is 32.2. The van der Waals surface area contributed by atoms with E-state index in [1.165, 1.54) is 21.1 Å². The van der Waals surface area contributed by atoms with E-state index in [9.17, 15) is 17.6 Å². The lowest BCUT2D eigenvalue weighted by Crippen LogP contribution is -2.27. The quantitative estimate of drug-likeness (QED) is 0.627. The molecule has 0 saturated carbocycles. The van der Waals surface area contributed by atoms with Crippen LogP contribution in [0.2, 0.25) is 0 Å². The molecule has 0 aliphatic carbocycles. The van der Waals surface area contributed by atoms with Crippen molar-refractivity contribution in [3.63, 3.8) is 0 Å². The van der Waals surface area contributed by atoms with Gasteiger partial charge in [0.05, 0.1) is 17.8 Å². The number of carbonyl (C=O) groups excluding carboxylic acids is 1. The Labute approximate surface area is 178 Å². The second kappa shape index (κ2) is 8.29. The van der Waals surface area contributed by atoms with Crippen molar-refractivity contribution in [2.45, 2.75) is 30.4 Å². The first-order valence-corrected chi connectivity index (χ1v) is 11.8. The minimum absolute atomic E-state index is 0.0494. The summed E-state index contributed by atoms with van der Waals surface area (Å²) in [7, 11) is -3.48. The molecule has 1 amide bonds. The zero-order valence-electron chi connectivity index (χ0n) is 16.3. The van der Waals surface area contributed by atoms with Crippen molar-refractivity contribution in [2.24, 2.45) is 0 Å². The topological polar surface area (TPSA) is 84.3 Å². The molecule has 1 aliphatic rings. The van der Waals surface area contributed by atoms with E-state index < -0.39 is 10.0 Å². The molecule has 3 heterocycles. The number of aromatic nitrogens is 2. The van der Waals surface area contributed by atoms with Gasteiger partial charge in [0, 0.05) is 24.0 Å². The zero-order chi connectivity index (χ0) is 21.3. The Bertz CT molecular complexity index is 1160. The molecular weight excluding hydrogens is 427 g/mol. The molecule has 1 saturated heterocycles. The van der Waals surface area contributed by atoms with Gasteiger partial charge in [-0.1, -0.05) is 0 Å².